The summed E-state index contributed by atoms with van der Waals surface area (Å²) in [7, 11) is 0. The quantitative estimate of drug-likeness (QED) is 0.749. The molecule has 14 heavy (non-hydrogen) atoms. The Morgan fingerprint density at radius 1 is 1.50 bits per heavy atom. The molecule has 1 heterocycles. The normalized spacial score (nSPS) is 31.7. The van der Waals surface area contributed by atoms with Crippen LogP contribution >= 0.6 is 0 Å². The molecule has 0 radical (unpaired) electrons. The summed E-state index contributed by atoms with van der Waals surface area (Å²) in [5, 5.41) is 9.61. The Kier molecular flexibility index (Phi) is 4.90. The fourth-order valence-corrected chi connectivity index (χ4v) is 2.41. The molecule has 0 saturated carbocycles. The number of aliphatic hydroxyl groups is 1. The number of aliphatic hydroxyl groups excluding tert-OH is 1. The second-order valence-corrected chi connectivity index (χ2v) is 4.99. The van der Waals surface area contributed by atoms with Crippen molar-refractivity contribution in [2.75, 3.05) is 19.6 Å². The number of piperidine rings is 1. The zero-order valence-electron chi connectivity index (χ0n) is 9.87. The van der Waals surface area contributed by atoms with Crippen molar-refractivity contribution in [3.05, 3.63) is 0 Å². The summed E-state index contributed by atoms with van der Waals surface area (Å²) in [6.45, 7) is 10.1. The van der Waals surface area contributed by atoms with Crippen LogP contribution in [0.3, 0.4) is 0 Å². The maximum atomic E-state index is 9.61. The van der Waals surface area contributed by atoms with Gasteiger partial charge in [0.05, 0.1) is 6.10 Å². The highest BCUT2D eigenvalue weighted by Crippen LogP contribution is 2.18. The Morgan fingerprint density at radius 3 is 2.79 bits per heavy atom. The van der Waals surface area contributed by atoms with Gasteiger partial charge in [0.1, 0.15) is 0 Å². The van der Waals surface area contributed by atoms with Crippen molar-refractivity contribution in [3.8, 4) is 0 Å². The molecule has 0 aromatic rings. The van der Waals surface area contributed by atoms with Gasteiger partial charge in [-0.05, 0) is 24.7 Å². The zero-order chi connectivity index (χ0) is 10.6. The van der Waals surface area contributed by atoms with Gasteiger partial charge >= 0.3 is 0 Å². The van der Waals surface area contributed by atoms with Gasteiger partial charge in [-0.25, -0.2) is 0 Å². The minimum absolute atomic E-state index is 0.0623. The summed E-state index contributed by atoms with van der Waals surface area (Å²) in [5.74, 6) is 1.26. The topological polar surface area (TPSA) is 23.5 Å². The van der Waals surface area contributed by atoms with Gasteiger partial charge in [-0.3, -0.25) is 0 Å². The van der Waals surface area contributed by atoms with Crippen LogP contribution in [0.4, 0.5) is 0 Å². The van der Waals surface area contributed by atoms with Crippen LogP contribution in [0, 0.1) is 11.8 Å². The van der Waals surface area contributed by atoms with Gasteiger partial charge in [-0.15, -0.1) is 0 Å². The summed E-state index contributed by atoms with van der Waals surface area (Å²) in [5.41, 5.74) is 0. The van der Waals surface area contributed by atoms with Crippen LogP contribution in [0.1, 0.15) is 40.0 Å². The molecule has 1 fully saturated rings. The molecule has 0 aromatic carbocycles. The first-order chi connectivity index (χ1) is 6.63. The zero-order valence-corrected chi connectivity index (χ0v) is 9.87. The molecule has 1 saturated heterocycles. The first-order valence-electron chi connectivity index (χ1n) is 6.04. The SMILES string of the molecule is CCCC(C)CN1CCC(O)C(C)C1. The lowest BCUT2D eigenvalue weighted by Gasteiger charge is -2.35. The molecule has 0 amide bonds. The van der Waals surface area contributed by atoms with E-state index in [2.05, 4.69) is 25.7 Å². The van der Waals surface area contributed by atoms with Crippen LogP contribution in [-0.4, -0.2) is 35.7 Å². The average molecular weight is 199 g/mol. The Hall–Kier alpha value is -0.0800. The maximum Gasteiger partial charge on any atom is 0.0590 e. The van der Waals surface area contributed by atoms with E-state index in [1.807, 2.05) is 0 Å². The van der Waals surface area contributed by atoms with Gasteiger partial charge in [0.15, 0.2) is 0 Å². The Bertz CT molecular complexity index is 160. The second kappa shape index (κ2) is 5.72. The molecular formula is C12H25NO. The molecule has 0 aromatic heterocycles. The number of hydrogen-bond acceptors (Lipinski definition) is 2. The monoisotopic (exact) mass is 199 g/mol. The second-order valence-electron chi connectivity index (χ2n) is 4.99. The summed E-state index contributed by atoms with van der Waals surface area (Å²) in [4.78, 5) is 2.51. The lowest BCUT2D eigenvalue weighted by molar-refractivity contribution is 0.0296. The van der Waals surface area contributed by atoms with Crippen LogP contribution in [-0.2, 0) is 0 Å². The third-order valence-corrected chi connectivity index (χ3v) is 3.30. The van der Waals surface area contributed by atoms with Crippen LogP contribution in [0.5, 0.6) is 0 Å². The third-order valence-electron chi connectivity index (χ3n) is 3.30. The largest absolute Gasteiger partial charge is 0.393 e. The van der Waals surface area contributed by atoms with Crippen LogP contribution < -0.4 is 0 Å². The van der Waals surface area contributed by atoms with Gasteiger partial charge in [0, 0.05) is 19.6 Å². The first kappa shape index (κ1) is 12.0. The lowest BCUT2D eigenvalue weighted by Crippen LogP contribution is -2.43. The maximum absolute atomic E-state index is 9.61. The standard InChI is InChI=1S/C12H25NO/c1-4-5-10(2)8-13-7-6-12(14)11(3)9-13/h10-12,14H,4-9H2,1-3H3. The predicted molar refractivity (Wildman–Crippen MR) is 60.3 cm³/mol. The highest BCUT2D eigenvalue weighted by Gasteiger charge is 2.24. The molecule has 2 nitrogen and oxygen atoms in total. The fraction of sp³-hybridized carbons (Fsp3) is 1.00. The van der Waals surface area contributed by atoms with E-state index in [0.717, 1.165) is 25.4 Å². The number of likely N-dealkylation sites (tertiary alicyclic amines) is 1. The van der Waals surface area contributed by atoms with Crippen molar-refractivity contribution in [2.24, 2.45) is 11.8 Å². The summed E-state index contributed by atoms with van der Waals surface area (Å²) < 4.78 is 0. The molecule has 1 rings (SSSR count). The van der Waals surface area contributed by atoms with Crippen molar-refractivity contribution in [1.82, 2.24) is 4.90 Å². The molecule has 84 valence electrons. The first-order valence-corrected chi connectivity index (χ1v) is 6.04. The Morgan fingerprint density at radius 2 is 2.21 bits per heavy atom. The average Bonchev–Trinajstić information content (AvgIpc) is 2.12. The van der Waals surface area contributed by atoms with E-state index in [1.54, 1.807) is 0 Å². The van der Waals surface area contributed by atoms with Crippen molar-refractivity contribution in [1.29, 1.82) is 0 Å². The number of nitrogens with zero attached hydrogens (tertiary/aromatic N) is 1. The van der Waals surface area contributed by atoms with E-state index in [-0.39, 0.29) is 6.10 Å². The highest BCUT2D eigenvalue weighted by molar-refractivity contribution is 4.77. The summed E-state index contributed by atoms with van der Waals surface area (Å²) in [6, 6.07) is 0. The van der Waals surface area contributed by atoms with Gasteiger partial charge in [-0.2, -0.15) is 0 Å². The molecular weight excluding hydrogens is 174 g/mol. The lowest BCUT2D eigenvalue weighted by atomic mass is 9.95. The smallest absolute Gasteiger partial charge is 0.0590 e. The van der Waals surface area contributed by atoms with E-state index in [9.17, 15) is 5.11 Å². The van der Waals surface area contributed by atoms with Crippen molar-refractivity contribution in [2.45, 2.75) is 46.1 Å². The number of hydrogen-bond donors (Lipinski definition) is 1. The molecule has 2 heteroatoms. The minimum atomic E-state index is -0.0623. The van der Waals surface area contributed by atoms with Crippen LogP contribution in [0.2, 0.25) is 0 Å². The van der Waals surface area contributed by atoms with Gasteiger partial charge < -0.3 is 10.0 Å². The van der Waals surface area contributed by atoms with E-state index in [0.29, 0.717) is 5.92 Å². The van der Waals surface area contributed by atoms with Crippen molar-refractivity contribution < 1.29 is 5.11 Å². The van der Waals surface area contributed by atoms with E-state index < -0.39 is 0 Å². The fourth-order valence-electron chi connectivity index (χ4n) is 2.41. The van der Waals surface area contributed by atoms with Crippen molar-refractivity contribution in [3.63, 3.8) is 0 Å². The molecule has 0 aliphatic carbocycles. The van der Waals surface area contributed by atoms with E-state index >= 15 is 0 Å². The third kappa shape index (κ3) is 3.58. The molecule has 0 spiro atoms. The van der Waals surface area contributed by atoms with Crippen molar-refractivity contribution >= 4 is 0 Å². The summed E-state index contributed by atoms with van der Waals surface area (Å²) >= 11 is 0. The van der Waals surface area contributed by atoms with E-state index in [1.165, 1.54) is 19.4 Å². The molecule has 3 atom stereocenters. The molecule has 0 bridgehead atoms. The molecule has 3 unspecified atom stereocenters. The molecule has 1 aliphatic heterocycles. The van der Waals surface area contributed by atoms with Gasteiger partial charge in [-0.1, -0.05) is 27.2 Å². The minimum Gasteiger partial charge on any atom is -0.393 e. The number of rotatable bonds is 4. The Labute approximate surface area is 88.3 Å². The van der Waals surface area contributed by atoms with Gasteiger partial charge in [0.25, 0.3) is 0 Å². The van der Waals surface area contributed by atoms with Crippen LogP contribution in [0.25, 0.3) is 0 Å². The highest BCUT2D eigenvalue weighted by atomic mass is 16.3. The summed E-state index contributed by atoms with van der Waals surface area (Å²) in [6.07, 6.45) is 3.51. The predicted octanol–water partition coefficient (Wildman–Crippen LogP) is 2.13. The molecule has 1 aliphatic rings. The van der Waals surface area contributed by atoms with Gasteiger partial charge in [0.2, 0.25) is 0 Å². The molecule has 1 N–H and O–H groups in total. The van der Waals surface area contributed by atoms with E-state index in [4.69, 9.17) is 0 Å². The van der Waals surface area contributed by atoms with Crippen LogP contribution in [0.15, 0.2) is 0 Å². The Balaban J connectivity index is 2.25.